The van der Waals surface area contributed by atoms with E-state index in [1.54, 1.807) is 0 Å². The van der Waals surface area contributed by atoms with Gasteiger partial charge in [0.05, 0.1) is 0 Å². The SMILES string of the molecule is CC(C)c1ccc2c(c1)CNC2(C)C. The monoisotopic (exact) mass is 189 g/mol. The summed E-state index contributed by atoms with van der Waals surface area (Å²) in [7, 11) is 0. The fourth-order valence-electron chi connectivity index (χ4n) is 2.14. The molecule has 0 atom stereocenters. The van der Waals surface area contributed by atoms with Gasteiger partial charge in [0, 0.05) is 12.1 Å². The first-order valence-electron chi connectivity index (χ1n) is 5.39. The van der Waals surface area contributed by atoms with Crippen molar-refractivity contribution < 1.29 is 0 Å². The van der Waals surface area contributed by atoms with Gasteiger partial charge in [-0.3, -0.25) is 0 Å². The van der Waals surface area contributed by atoms with E-state index >= 15 is 0 Å². The van der Waals surface area contributed by atoms with E-state index in [0.29, 0.717) is 5.92 Å². The Kier molecular flexibility index (Phi) is 2.15. The Bertz CT molecular complexity index is 350. The zero-order valence-electron chi connectivity index (χ0n) is 9.52. The summed E-state index contributed by atoms with van der Waals surface area (Å²) in [6, 6.07) is 6.89. The molecule has 0 radical (unpaired) electrons. The molecule has 14 heavy (non-hydrogen) atoms. The molecule has 0 saturated heterocycles. The van der Waals surface area contributed by atoms with Crippen LogP contribution in [0, 0.1) is 0 Å². The van der Waals surface area contributed by atoms with E-state index < -0.39 is 0 Å². The summed E-state index contributed by atoms with van der Waals surface area (Å²) in [5.41, 5.74) is 4.54. The number of hydrogen-bond acceptors (Lipinski definition) is 1. The molecule has 0 amide bonds. The Labute approximate surface area is 86.5 Å². The van der Waals surface area contributed by atoms with Crippen molar-refractivity contribution in [1.82, 2.24) is 5.32 Å². The first kappa shape index (κ1) is 9.72. The molecule has 1 aromatic carbocycles. The van der Waals surface area contributed by atoms with E-state index in [1.165, 1.54) is 16.7 Å². The fourth-order valence-corrected chi connectivity index (χ4v) is 2.14. The third-order valence-corrected chi connectivity index (χ3v) is 3.19. The lowest BCUT2D eigenvalue weighted by molar-refractivity contribution is 0.442. The molecule has 0 aromatic heterocycles. The smallest absolute Gasteiger partial charge is 0.0383 e. The number of hydrogen-bond donors (Lipinski definition) is 1. The summed E-state index contributed by atoms with van der Waals surface area (Å²) in [5, 5.41) is 3.53. The van der Waals surface area contributed by atoms with E-state index in [4.69, 9.17) is 0 Å². The predicted octanol–water partition coefficient (Wildman–Crippen LogP) is 3.15. The molecule has 1 aliphatic heterocycles. The molecule has 1 nitrogen and oxygen atoms in total. The van der Waals surface area contributed by atoms with Crippen LogP contribution in [0.4, 0.5) is 0 Å². The molecular weight excluding hydrogens is 170 g/mol. The van der Waals surface area contributed by atoms with Gasteiger partial charge in [0.2, 0.25) is 0 Å². The van der Waals surface area contributed by atoms with Crippen molar-refractivity contribution in [2.24, 2.45) is 0 Å². The zero-order valence-corrected chi connectivity index (χ0v) is 9.52. The van der Waals surface area contributed by atoms with Crippen LogP contribution in [0.2, 0.25) is 0 Å². The highest BCUT2D eigenvalue weighted by Crippen LogP contribution is 2.32. The van der Waals surface area contributed by atoms with Gasteiger partial charge < -0.3 is 5.32 Å². The maximum atomic E-state index is 3.53. The maximum Gasteiger partial charge on any atom is 0.0383 e. The van der Waals surface area contributed by atoms with E-state index in [2.05, 4.69) is 51.2 Å². The first-order valence-corrected chi connectivity index (χ1v) is 5.39. The molecule has 1 aliphatic rings. The lowest BCUT2D eigenvalue weighted by Crippen LogP contribution is -2.28. The molecule has 0 bridgehead atoms. The first-order chi connectivity index (χ1) is 6.50. The van der Waals surface area contributed by atoms with Gasteiger partial charge in [-0.25, -0.2) is 0 Å². The average molecular weight is 189 g/mol. The van der Waals surface area contributed by atoms with Gasteiger partial charge in [0.25, 0.3) is 0 Å². The maximum absolute atomic E-state index is 3.53. The molecule has 0 fully saturated rings. The third kappa shape index (κ3) is 1.46. The summed E-state index contributed by atoms with van der Waals surface area (Å²) in [5.74, 6) is 0.629. The van der Waals surface area contributed by atoms with Crippen LogP contribution in [0.5, 0.6) is 0 Å². The average Bonchev–Trinajstić information content (AvgIpc) is 2.42. The van der Waals surface area contributed by atoms with Gasteiger partial charge >= 0.3 is 0 Å². The third-order valence-electron chi connectivity index (χ3n) is 3.19. The van der Waals surface area contributed by atoms with Gasteiger partial charge in [0.1, 0.15) is 0 Å². The molecule has 0 spiro atoms. The van der Waals surface area contributed by atoms with E-state index in [0.717, 1.165) is 6.54 Å². The molecular formula is C13H19N. The van der Waals surface area contributed by atoms with Crippen molar-refractivity contribution in [3.63, 3.8) is 0 Å². The second kappa shape index (κ2) is 3.09. The van der Waals surface area contributed by atoms with Crippen molar-refractivity contribution in [3.8, 4) is 0 Å². The minimum Gasteiger partial charge on any atom is -0.304 e. The molecule has 1 aromatic rings. The molecule has 1 heterocycles. The Morgan fingerprint density at radius 2 is 2.00 bits per heavy atom. The predicted molar refractivity (Wildman–Crippen MR) is 60.4 cm³/mol. The highest BCUT2D eigenvalue weighted by atomic mass is 15.0. The van der Waals surface area contributed by atoms with Gasteiger partial charge in [-0.2, -0.15) is 0 Å². The quantitative estimate of drug-likeness (QED) is 0.715. The van der Waals surface area contributed by atoms with Crippen LogP contribution in [0.25, 0.3) is 0 Å². The minimum atomic E-state index is 0.158. The van der Waals surface area contributed by atoms with Crippen molar-refractivity contribution in [3.05, 3.63) is 34.9 Å². The zero-order chi connectivity index (χ0) is 10.3. The van der Waals surface area contributed by atoms with Gasteiger partial charge in [-0.15, -0.1) is 0 Å². The number of rotatable bonds is 1. The summed E-state index contributed by atoms with van der Waals surface area (Å²) in [6.45, 7) is 10.00. The van der Waals surface area contributed by atoms with Crippen LogP contribution in [-0.4, -0.2) is 0 Å². The topological polar surface area (TPSA) is 12.0 Å². The van der Waals surface area contributed by atoms with Gasteiger partial charge in [0.15, 0.2) is 0 Å². The highest BCUT2D eigenvalue weighted by molar-refractivity contribution is 5.40. The van der Waals surface area contributed by atoms with Crippen LogP contribution >= 0.6 is 0 Å². The fraction of sp³-hybridized carbons (Fsp3) is 0.538. The van der Waals surface area contributed by atoms with Crippen LogP contribution in [0.3, 0.4) is 0 Å². The van der Waals surface area contributed by atoms with Crippen molar-refractivity contribution in [1.29, 1.82) is 0 Å². The molecule has 76 valence electrons. The summed E-state index contributed by atoms with van der Waals surface area (Å²) < 4.78 is 0. The number of benzene rings is 1. The largest absolute Gasteiger partial charge is 0.304 e. The molecule has 0 saturated carbocycles. The van der Waals surface area contributed by atoms with E-state index in [1.807, 2.05) is 0 Å². The Morgan fingerprint density at radius 3 is 2.64 bits per heavy atom. The van der Waals surface area contributed by atoms with Crippen LogP contribution in [0.1, 0.15) is 50.3 Å². The second-order valence-corrected chi connectivity index (χ2v) is 5.05. The molecule has 0 aliphatic carbocycles. The minimum absolute atomic E-state index is 0.158. The van der Waals surface area contributed by atoms with Crippen molar-refractivity contribution in [2.75, 3.05) is 0 Å². The number of fused-ring (bicyclic) bond motifs is 1. The van der Waals surface area contributed by atoms with Crippen molar-refractivity contribution >= 4 is 0 Å². The lowest BCUT2D eigenvalue weighted by Gasteiger charge is -2.19. The normalized spacial score (nSPS) is 18.6. The summed E-state index contributed by atoms with van der Waals surface area (Å²) in [6.07, 6.45) is 0. The van der Waals surface area contributed by atoms with Crippen LogP contribution in [-0.2, 0) is 12.1 Å². The molecule has 0 unspecified atom stereocenters. The van der Waals surface area contributed by atoms with Crippen LogP contribution < -0.4 is 5.32 Å². The van der Waals surface area contributed by atoms with E-state index in [9.17, 15) is 0 Å². The molecule has 1 heteroatoms. The lowest BCUT2D eigenvalue weighted by atomic mass is 9.91. The summed E-state index contributed by atoms with van der Waals surface area (Å²) >= 11 is 0. The number of nitrogens with one attached hydrogen (secondary N) is 1. The second-order valence-electron chi connectivity index (χ2n) is 5.05. The van der Waals surface area contributed by atoms with Crippen molar-refractivity contribution in [2.45, 2.75) is 45.7 Å². The Morgan fingerprint density at radius 1 is 1.29 bits per heavy atom. The van der Waals surface area contributed by atoms with Gasteiger partial charge in [-0.1, -0.05) is 32.0 Å². The van der Waals surface area contributed by atoms with E-state index in [-0.39, 0.29) is 5.54 Å². The molecule has 1 N–H and O–H groups in total. The Hall–Kier alpha value is -0.820. The molecule has 2 rings (SSSR count). The highest BCUT2D eigenvalue weighted by Gasteiger charge is 2.28. The standard InChI is InChI=1S/C13H19N/c1-9(2)10-5-6-12-11(7-10)8-14-13(12,3)4/h5-7,9,14H,8H2,1-4H3. The Balaban J connectivity index is 2.44. The van der Waals surface area contributed by atoms with Gasteiger partial charge in [-0.05, 0) is 36.5 Å². The van der Waals surface area contributed by atoms with Crippen LogP contribution in [0.15, 0.2) is 18.2 Å². The summed E-state index contributed by atoms with van der Waals surface area (Å²) in [4.78, 5) is 0.